The minimum absolute atomic E-state index is 0.0758. The van der Waals surface area contributed by atoms with Gasteiger partial charge in [-0.25, -0.2) is 4.79 Å². The number of nitrogens with zero attached hydrogens (tertiary/aromatic N) is 1. The van der Waals surface area contributed by atoms with E-state index in [2.05, 4.69) is 0 Å². The lowest BCUT2D eigenvalue weighted by atomic mass is 9.75. The summed E-state index contributed by atoms with van der Waals surface area (Å²) in [6, 6.07) is 11.1. The van der Waals surface area contributed by atoms with Crippen molar-refractivity contribution in [3.05, 3.63) is 68.7 Å². The monoisotopic (exact) mass is 463 g/mol. The summed E-state index contributed by atoms with van der Waals surface area (Å²) in [5.41, 5.74) is 3.13. The normalized spacial score (nSPS) is 18.3. The van der Waals surface area contributed by atoms with Crippen molar-refractivity contribution in [3.8, 4) is 0 Å². The average Bonchev–Trinajstić information content (AvgIpc) is 2.67. The van der Waals surface area contributed by atoms with Gasteiger partial charge in [0.25, 0.3) is 0 Å². The number of ether oxygens (including phenoxy) is 1. The maximum absolute atomic E-state index is 12.7. The number of fused-ring (bicyclic) bond motifs is 1. The van der Waals surface area contributed by atoms with Crippen molar-refractivity contribution < 1.29 is 19.4 Å². The molecule has 0 fully saturated rings. The van der Waals surface area contributed by atoms with Gasteiger partial charge >= 0.3 is 12.1 Å². The smallest absolute Gasteiger partial charge is 0.410 e. The van der Waals surface area contributed by atoms with E-state index in [4.69, 9.17) is 27.9 Å². The molecule has 0 heterocycles. The highest BCUT2D eigenvalue weighted by molar-refractivity contribution is 6.42. The van der Waals surface area contributed by atoms with E-state index in [1.807, 2.05) is 51.1 Å². The third-order valence-corrected chi connectivity index (χ3v) is 6.20. The Morgan fingerprint density at radius 3 is 2.39 bits per heavy atom. The first-order chi connectivity index (χ1) is 14.5. The SMILES string of the molecule is CN(C(=O)OC(C)(C)C)[C@H]1CCC(c2ccc(Cl)c(Cl)c2)c2ccc(CC(=O)O)cc21. The van der Waals surface area contributed by atoms with Crippen LogP contribution < -0.4 is 0 Å². The second-order valence-electron chi connectivity index (χ2n) is 8.94. The molecule has 0 bridgehead atoms. The van der Waals surface area contributed by atoms with Crippen LogP contribution in [0.15, 0.2) is 36.4 Å². The van der Waals surface area contributed by atoms with Crippen molar-refractivity contribution in [2.75, 3.05) is 7.05 Å². The minimum Gasteiger partial charge on any atom is -0.481 e. The Balaban J connectivity index is 2.02. The van der Waals surface area contributed by atoms with Crippen LogP contribution in [0.1, 0.15) is 67.8 Å². The van der Waals surface area contributed by atoms with E-state index < -0.39 is 17.7 Å². The van der Waals surface area contributed by atoms with E-state index >= 15 is 0 Å². The largest absolute Gasteiger partial charge is 0.481 e. The Morgan fingerprint density at radius 2 is 1.77 bits per heavy atom. The number of rotatable bonds is 4. The molecule has 3 rings (SSSR count). The molecule has 0 radical (unpaired) electrons. The van der Waals surface area contributed by atoms with Gasteiger partial charge in [-0.3, -0.25) is 4.79 Å². The summed E-state index contributed by atoms with van der Waals surface area (Å²) in [5, 5.41) is 10.2. The maximum Gasteiger partial charge on any atom is 0.410 e. The Hall–Kier alpha value is -2.24. The van der Waals surface area contributed by atoms with Crippen LogP contribution in [0.5, 0.6) is 0 Å². The number of carbonyl (C=O) groups is 2. The fraction of sp³-hybridized carbons (Fsp3) is 0.417. The van der Waals surface area contributed by atoms with Gasteiger partial charge in [-0.15, -0.1) is 0 Å². The molecule has 2 atom stereocenters. The van der Waals surface area contributed by atoms with Crippen molar-refractivity contribution in [3.63, 3.8) is 0 Å². The van der Waals surface area contributed by atoms with Gasteiger partial charge in [-0.05, 0) is 68.0 Å². The van der Waals surface area contributed by atoms with Crippen LogP contribution in [0, 0.1) is 0 Å². The number of hydrogen-bond acceptors (Lipinski definition) is 3. The number of carboxylic acid groups (broad SMARTS) is 1. The molecule has 7 heteroatoms. The summed E-state index contributed by atoms with van der Waals surface area (Å²) >= 11 is 12.4. The lowest BCUT2D eigenvalue weighted by Crippen LogP contribution is -2.38. The number of benzene rings is 2. The molecular weight excluding hydrogens is 437 g/mol. The third-order valence-electron chi connectivity index (χ3n) is 5.46. The van der Waals surface area contributed by atoms with Crippen LogP contribution in [-0.2, 0) is 16.0 Å². The van der Waals surface area contributed by atoms with E-state index in [0.29, 0.717) is 22.0 Å². The Labute approximate surface area is 192 Å². The topological polar surface area (TPSA) is 66.8 Å². The van der Waals surface area contributed by atoms with Gasteiger partial charge in [-0.2, -0.15) is 0 Å². The number of hydrogen-bond donors (Lipinski definition) is 1. The van der Waals surface area contributed by atoms with Crippen LogP contribution in [0.3, 0.4) is 0 Å². The van der Waals surface area contributed by atoms with Gasteiger partial charge in [0.2, 0.25) is 0 Å². The van der Waals surface area contributed by atoms with Gasteiger partial charge in [0.1, 0.15) is 5.60 Å². The molecule has 1 N–H and O–H groups in total. The number of halogens is 2. The number of aliphatic carboxylic acids is 1. The van der Waals surface area contributed by atoms with Crippen molar-refractivity contribution in [1.82, 2.24) is 4.90 Å². The minimum atomic E-state index is -0.895. The first-order valence-corrected chi connectivity index (χ1v) is 11.0. The molecule has 0 saturated heterocycles. The predicted molar refractivity (Wildman–Crippen MR) is 122 cm³/mol. The molecule has 0 aromatic heterocycles. The molecule has 1 aliphatic rings. The second kappa shape index (κ2) is 9.09. The molecule has 2 aromatic rings. The molecule has 166 valence electrons. The molecule has 1 aliphatic carbocycles. The van der Waals surface area contributed by atoms with Gasteiger partial charge in [0.15, 0.2) is 0 Å². The zero-order chi connectivity index (χ0) is 22.9. The Bertz CT molecular complexity index is 1000. The van der Waals surface area contributed by atoms with Crippen LogP contribution in [0.25, 0.3) is 0 Å². The molecule has 5 nitrogen and oxygen atoms in total. The van der Waals surface area contributed by atoms with Crippen molar-refractivity contribution in [2.24, 2.45) is 0 Å². The summed E-state index contributed by atoms with van der Waals surface area (Å²) in [6.07, 6.45) is 1.04. The molecule has 1 unspecified atom stereocenters. The van der Waals surface area contributed by atoms with E-state index in [9.17, 15) is 14.7 Å². The average molecular weight is 464 g/mol. The molecule has 0 saturated carbocycles. The van der Waals surface area contributed by atoms with Crippen molar-refractivity contribution >= 4 is 35.3 Å². The lowest BCUT2D eigenvalue weighted by Gasteiger charge is -2.38. The Kier molecular flexibility index (Phi) is 6.87. The number of amides is 1. The zero-order valence-electron chi connectivity index (χ0n) is 18.1. The quantitative estimate of drug-likeness (QED) is 0.565. The van der Waals surface area contributed by atoms with Crippen molar-refractivity contribution in [1.29, 1.82) is 0 Å². The number of carboxylic acids is 1. The second-order valence-corrected chi connectivity index (χ2v) is 9.76. The fourth-order valence-corrected chi connectivity index (χ4v) is 4.40. The van der Waals surface area contributed by atoms with Crippen LogP contribution in [0.2, 0.25) is 10.0 Å². The first kappa shape index (κ1) is 23.4. The van der Waals surface area contributed by atoms with Crippen LogP contribution >= 0.6 is 23.2 Å². The van der Waals surface area contributed by atoms with E-state index in [-0.39, 0.29) is 18.4 Å². The van der Waals surface area contributed by atoms with Gasteiger partial charge < -0.3 is 14.7 Å². The zero-order valence-corrected chi connectivity index (χ0v) is 19.6. The Morgan fingerprint density at radius 1 is 1.06 bits per heavy atom. The lowest BCUT2D eigenvalue weighted by molar-refractivity contribution is -0.136. The molecule has 31 heavy (non-hydrogen) atoms. The fourth-order valence-electron chi connectivity index (χ4n) is 4.09. The molecule has 2 aromatic carbocycles. The highest BCUT2D eigenvalue weighted by atomic mass is 35.5. The van der Waals surface area contributed by atoms with E-state index in [1.54, 1.807) is 18.0 Å². The van der Waals surface area contributed by atoms with Crippen molar-refractivity contribution in [2.45, 2.75) is 57.6 Å². The predicted octanol–water partition coefficient (Wildman–Crippen LogP) is 6.45. The molecule has 1 amide bonds. The standard InChI is InChI=1S/C24H27Cl2NO4/c1-24(2,3)31-23(30)27(4)21-10-8-16(15-6-9-19(25)20(26)13-15)17-7-5-14(11-18(17)21)12-22(28)29/h5-7,9,11,13,16,21H,8,10,12H2,1-4H3,(H,28,29)/t16?,21-/m0/s1. The highest BCUT2D eigenvalue weighted by Crippen LogP contribution is 2.45. The summed E-state index contributed by atoms with van der Waals surface area (Å²) in [5.74, 6) is -0.819. The molecular formula is C24H27Cl2NO4. The van der Waals surface area contributed by atoms with Gasteiger partial charge in [-0.1, -0.05) is 47.5 Å². The van der Waals surface area contributed by atoms with Gasteiger partial charge in [0.05, 0.1) is 22.5 Å². The maximum atomic E-state index is 12.7. The number of carbonyl (C=O) groups excluding carboxylic acids is 1. The molecule has 0 spiro atoms. The summed E-state index contributed by atoms with van der Waals surface area (Å²) in [7, 11) is 1.73. The van der Waals surface area contributed by atoms with E-state index in [1.165, 1.54) is 0 Å². The summed E-state index contributed by atoms with van der Waals surface area (Å²) < 4.78 is 5.56. The van der Waals surface area contributed by atoms with Gasteiger partial charge in [0, 0.05) is 13.0 Å². The third kappa shape index (κ3) is 5.52. The van der Waals surface area contributed by atoms with Crippen LogP contribution in [-0.4, -0.2) is 34.7 Å². The highest BCUT2D eigenvalue weighted by Gasteiger charge is 2.34. The summed E-state index contributed by atoms with van der Waals surface area (Å²) in [6.45, 7) is 5.50. The molecule has 0 aliphatic heterocycles. The van der Waals surface area contributed by atoms with Crippen LogP contribution in [0.4, 0.5) is 4.79 Å². The van der Waals surface area contributed by atoms with E-state index in [0.717, 1.165) is 23.1 Å². The first-order valence-electron chi connectivity index (χ1n) is 10.2. The summed E-state index contributed by atoms with van der Waals surface area (Å²) in [4.78, 5) is 25.6.